The lowest BCUT2D eigenvalue weighted by Gasteiger charge is -2.50. The standard InChI is InChI=1S/C42H48N10O17/c1-20(61-22(3)54)32-36(64-25(6)57)35(63-24(5)56)31(49-52-45)41(65-32)66-34-29(48-51-44)17-28(47-21(2)53)33(62-23(4)55)37(34)68-42(69-40(59)27-15-11-8-12-16-27)19-60-30(18-46-50-43)38(42)67-39(58)26-13-9-7-10-14-26/h7-16,20,28-38,41H,17-19H2,1-6H3,(H,47,53)/t20-,28-,29?,30-,31?,32?,33?,34-,35?,36-,37?,38?,41-,42+/m1/s1. The Hall–Kier alpha value is -7.50. The molecule has 69 heavy (non-hydrogen) atoms. The van der Waals surface area contributed by atoms with Gasteiger partial charge in [-0.25, -0.2) is 9.59 Å². The predicted molar refractivity (Wildman–Crippen MR) is 228 cm³/mol. The van der Waals surface area contributed by atoms with Gasteiger partial charge < -0.3 is 52.7 Å². The van der Waals surface area contributed by atoms with E-state index in [0.717, 1.165) is 34.6 Å². The van der Waals surface area contributed by atoms with Gasteiger partial charge in [0, 0.05) is 49.4 Å². The molecule has 1 N–H and O–H groups in total. The summed E-state index contributed by atoms with van der Waals surface area (Å²) in [6.07, 6.45) is -17.4. The summed E-state index contributed by atoms with van der Waals surface area (Å²) in [5, 5.41) is 13.9. The van der Waals surface area contributed by atoms with E-state index in [2.05, 4.69) is 35.4 Å². The average molecular weight is 965 g/mol. The van der Waals surface area contributed by atoms with Gasteiger partial charge in [-0.1, -0.05) is 51.7 Å². The maximum absolute atomic E-state index is 14.2. The van der Waals surface area contributed by atoms with Crippen molar-refractivity contribution in [3.63, 3.8) is 0 Å². The molecule has 1 aliphatic carbocycles. The molecule has 3 fully saturated rings. The Bertz CT molecular complexity index is 2360. The van der Waals surface area contributed by atoms with Gasteiger partial charge in [0.1, 0.15) is 37.1 Å². The smallest absolute Gasteiger partial charge is 0.340 e. The molecule has 2 heterocycles. The van der Waals surface area contributed by atoms with Crippen molar-refractivity contribution in [3.8, 4) is 0 Å². The molecule has 7 unspecified atom stereocenters. The zero-order valence-corrected chi connectivity index (χ0v) is 37.9. The molecule has 2 aromatic rings. The van der Waals surface area contributed by atoms with Gasteiger partial charge in [0.15, 0.2) is 30.7 Å². The highest BCUT2D eigenvalue weighted by molar-refractivity contribution is 5.90. The van der Waals surface area contributed by atoms with Gasteiger partial charge in [0.25, 0.3) is 5.79 Å². The van der Waals surface area contributed by atoms with Crippen molar-refractivity contribution in [2.24, 2.45) is 15.3 Å². The van der Waals surface area contributed by atoms with Crippen molar-refractivity contribution < 1.29 is 80.9 Å². The summed E-state index contributed by atoms with van der Waals surface area (Å²) < 4.78 is 60.3. The molecule has 0 spiro atoms. The number of carbonyl (C=O) groups excluding carboxylic acids is 7. The Morgan fingerprint density at radius 1 is 0.725 bits per heavy atom. The molecule has 0 aromatic heterocycles. The maximum atomic E-state index is 14.2. The Kier molecular flexibility index (Phi) is 18.2. The van der Waals surface area contributed by atoms with Gasteiger partial charge in [-0.3, -0.25) is 24.0 Å². The molecule has 2 aliphatic heterocycles. The van der Waals surface area contributed by atoms with Crippen molar-refractivity contribution in [2.45, 2.75) is 133 Å². The third kappa shape index (κ3) is 13.4. The Morgan fingerprint density at radius 3 is 1.86 bits per heavy atom. The highest BCUT2D eigenvalue weighted by Crippen LogP contribution is 2.42. The quantitative estimate of drug-likeness (QED) is 0.0551. The van der Waals surface area contributed by atoms with E-state index in [-0.39, 0.29) is 17.5 Å². The molecule has 0 bridgehead atoms. The summed E-state index contributed by atoms with van der Waals surface area (Å²) in [5.41, 5.74) is 29.2. The van der Waals surface area contributed by atoms with Gasteiger partial charge in [-0.15, -0.1) is 0 Å². The lowest BCUT2D eigenvalue weighted by atomic mass is 9.83. The van der Waals surface area contributed by atoms with Crippen molar-refractivity contribution in [2.75, 3.05) is 13.2 Å². The number of amides is 1. The number of esters is 6. The van der Waals surface area contributed by atoms with Crippen LogP contribution in [0.1, 0.15) is 68.7 Å². The highest BCUT2D eigenvalue weighted by atomic mass is 16.8. The van der Waals surface area contributed by atoms with E-state index >= 15 is 0 Å². The molecule has 3 aliphatic rings. The van der Waals surface area contributed by atoms with E-state index in [9.17, 15) is 50.2 Å². The lowest BCUT2D eigenvalue weighted by Crippen LogP contribution is -2.68. The molecule has 1 saturated carbocycles. The molecule has 0 radical (unpaired) electrons. The number of benzene rings is 2. The van der Waals surface area contributed by atoms with Crippen LogP contribution in [0.3, 0.4) is 0 Å². The second-order valence-electron chi connectivity index (χ2n) is 15.7. The summed E-state index contributed by atoms with van der Waals surface area (Å²) in [4.78, 5) is 100. The fourth-order valence-corrected chi connectivity index (χ4v) is 8.14. The molecule has 368 valence electrons. The summed E-state index contributed by atoms with van der Waals surface area (Å²) >= 11 is 0. The molecule has 2 aromatic carbocycles. The van der Waals surface area contributed by atoms with Crippen LogP contribution in [0.2, 0.25) is 0 Å². The van der Waals surface area contributed by atoms with Gasteiger partial charge >= 0.3 is 35.8 Å². The van der Waals surface area contributed by atoms with E-state index in [1.165, 1.54) is 43.3 Å². The normalized spacial score (nSPS) is 29.7. The molecular formula is C42H48N10O17. The van der Waals surface area contributed by atoms with E-state index in [0.29, 0.717) is 0 Å². The monoisotopic (exact) mass is 964 g/mol. The van der Waals surface area contributed by atoms with E-state index < -0.39 is 140 Å². The van der Waals surface area contributed by atoms with Crippen LogP contribution in [0.15, 0.2) is 76.0 Å². The summed E-state index contributed by atoms with van der Waals surface area (Å²) in [6.45, 7) is 5.24. The highest BCUT2D eigenvalue weighted by Gasteiger charge is 2.63. The van der Waals surface area contributed by atoms with E-state index in [4.69, 9.17) is 47.4 Å². The topological polar surface area (TPSA) is 370 Å². The van der Waals surface area contributed by atoms with Crippen LogP contribution < -0.4 is 5.32 Å². The third-order valence-electron chi connectivity index (χ3n) is 10.7. The number of nitrogens with zero attached hydrogens (tertiary/aromatic N) is 9. The van der Waals surface area contributed by atoms with Crippen molar-refractivity contribution in [3.05, 3.63) is 103 Å². The number of azide groups is 3. The van der Waals surface area contributed by atoms with E-state index in [1.54, 1.807) is 24.3 Å². The Labute approximate surface area is 392 Å². The first kappa shape index (κ1) is 52.5. The van der Waals surface area contributed by atoms with Crippen LogP contribution in [0.25, 0.3) is 31.3 Å². The first-order valence-electron chi connectivity index (χ1n) is 21.1. The Morgan fingerprint density at radius 2 is 1.30 bits per heavy atom. The van der Waals surface area contributed by atoms with Gasteiger partial charge in [-0.2, -0.15) is 0 Å². The predicted octanol–water partition coefficient (Wildman–Crippen LogP) is 3.98. The van der Waals surface area contributed by atoms with Crippen LogP contribution in [0.5, 0.6) is 0 Å². The number of hydrogen-bond acceptors (Lipinski definition) is 20. The van der Waals surface area contributed by atoms with Crippen LogP contribution in [-0.2, 0) is 71.3 Å². The average Bonchev–Trinajstić information content (AvgIpc) is 3.61. The third-order valence-corrected chi connectivity index (χ3v) is 10.7. The zero-order valence-electron chi connectivity index (χ0n) is 37.9. The van der Waals surface area contributed by atoms with Crippen LogP contribution in [0, 0.1) is 0 Å². The maximum Gasteiger partial charge on any atom is 0.340 e. The van der Waals surface area contributed by atoms with Crippen molar-refractivity contribution in [1.82, 2.24) is 5.32 Å². The molecule has 5 rings (SSSR count). The molecule has 27 heteroatoms. The fourth-order valence-electron chi connectivity index (χ4n) is 8.14. The number of nitrogens with one attached hydrogen (secondary N) is 1. The minimum atomic E-state index is -2.65. The minimum absolute atomic E-state index is 0.00601. The summed E-state index contributed by atoms with van der Waals surface area (Å²) in [5.74, 6) is -9.09. The van der Waals surface area contributed by atoms with Crippen LogP contribution >= 0.6 is 0 Å². The molecule has 2 saturated heterocycles. The largest absolute Gasteiger partial charge is 0.460 e. The molecule has 1 amide bonds. The number of rotatable bonds is 18. The minimum Gasteiger partial charge on any atom is -0.460 e. The summed E-state index contributed by atoms with van der Waals surface area (Å²) in [7, 11) is 0. The number of carbonyl (C=O) groups is 7. The second kappa shape index (κ2) is 24.0. The lowest BCUT2D eigenvalue weighted by molar-refractivity contribution is -0.333. The molecule has 27 nitrogen and oxygen atoms in total. The number of hydrogen-bond donors (Lipinski definition) is 1. The first-order valence-corrected chi connectivity index (χ1v) is 21.1. The second-order valence-corrected chi connectivity index (χ2v) is 15.7. The molecular weight excluding hydrogens is 917 g/mol. The van der Waals surface area contributed by atoms with Gasteiger partial charge in [0.2, 0.25) is 5.91 Å². The fraction of sp³-hybridized carbons (Fsp3) is 0.548. The van der Waals surface area contributed by atoms with Crippen LogP contribution in [-0.4, -0.2) is 140 Å². The first-order chi connectivity index (χ1) is 32.9. The van der Waals surface area contributed by atoms with E-state index in [1.807, 2.05) is 0 Å². The Balaban J connectivity index is 1.77. The van der Waals surface area contributed by atoms with Gasteiger partial charge in [0.05, 0.1) is 35.9 Å². The molecule has 14 atom stereocenters. The summed E-state index contributed by atoms with van der Waals surface area (Å²) in [6, 6.07) is 10.3. The van der Waals surface area contributed by atoms with Gasteiger partial charge in [-0.05, 0) is 54.2 Å². The SMILES string of the molecule is CC(=O)N[C@@H]1CC(N=[N+]=[N-])[C@@H](O[C@H]2OC([C@@H](C)OC(C)=O)[C@@H](OC(C)=O)C(OC(C)=O)C2N=[N+]=[N-])C(O[C@]2(OC(=O)c3ccccc3)CO[C@H](CN=[N+]=[N-])C2OC(=O)c2ccccc2)C1OC(C)=O. The van der Waals surface area contributed by atoms with Crippen molar-refractivity contribution in [1.29, 1.82) is 0 Å². The zero-order chi connectivity index (χ0) is 50.4. The number of ether oxygens (including phenoxy) is 10. The van der Waals surface area contributed by atoms with Crippen molar-refractivity contribution >= 4 is 41.7 Å². The van der Waals surface area contributed by atoms with Crippen LogP contribution in [0.4, 0.5) is 0 Å².